The number of ether oxygens (including phenoxy) is 2. The zero-order valence-electron chi connectivity index (χ0n) is 23.0. The summed E-state index contributed by atoms with van der Waals surface area (Å²) in [6.07, 6.45) is 4.42. The van der Waals surface area contributed by atoms with Gasteiger partial charge in [-0.3, -0.25) is 14.4 Å². The Labute approximate surface area is 238 Å². The maximum Gasteiger partial charge on any atom is 0.306 e. The Morgan fingerprint density at radius 3 is 2.00 bits per heavy atom. The summed E-state index contributed by atoms with van der Waals surface area (Å²) in [4.78, 5) is 44.1. The van der Waals surface area contributed by atoms with E-state index in [1.165, 1.54) is 39.3 Å². The van der Waals surface area contributed by atoms with Crippen molar-refractivity contribution < 1.29 is 54.0 Å². The average molecular weight is 572 g/mol. The zero-order chi connectivity index (χ0) is 30.3. The van der Waals surface area contributed by atoms with Crippen molar-refractivity contribution in [2.45, 2.75) is 51.0 Å². The van der Waals surface area contributed by atoms with Crippen molar-refractivity contribution in [3.8, 4) is 11.5 Å². The molecule has 0 radical (unpaired) electrons. The SMILES string of the molecule is CC(=O)C(=Cc1ccccc1)Oc1ccccc1OCCC[NH+]1CCCCC1.O=C(O)CC(O)(CC(=O)O)C(=O)[O-]. The summed E-state index contributed by atoms with van der Waals surface area (Å²) < 4.78 is 11.9. The highest BCUT2D eigenvalue weighted by Gasteiger charge is 2.34. The number of aliphatic hydroxyl groups is 1. The molecule has 2 aromatic carbocycles. The van der Waals surface area contributed by atoms with Crippen molar-refractivity contribution in [1.82, 2.24) is 0 Å². The largest absolute Gasteiger partial charge is 0.547 e. The van der Waals surface area contributed by atoms with Crippen LogP contribution in [0.2, 0.25) is 0 Å². The number of nitrogens with one attached hydrogen (secondary N) is 1. The van der Waals surface area contributed by atoms with E-state index in [-0.39, 0.29) is 5.78 Å². The molecule has 2 aromatic rings. The maximum atomic E-state index is 12.1. The van der Waals surface area contributed by atoms with Gasteiger partial charge in [0.25, 0.3) is 0 Å². The van der Waals surface area contributed by atoms with E-state index < -0.39 is 36.4 Å². The zero-order valence-corrected chi connectivity index (χ0v) is 23.0. The highest BCUT2D eigenvalue weighted by Crippen LogP contribution is 2.29. The second-order valence-electron chi connectivity index (χ2n) is 9.75. The Hall–Kier alpha value is -4.22. The second-order valence-corrected chi connectivity index (χ2v) is 9.75. The molecule has 0 amide bonds. The maximum absolute atomic E-state index is 12.1. The molecule has 1 saturated heterocycles. The standard InChI is InChI=1S/C24H29NO3.C6H8O7/c1-20(26)24(19-21-11-4-2-5-12-21)28-23-14-7-6-13-22(23)27-18-10-17-25-15-8-3-9-16-25;7-3(8)1-6(13,5(11)12)2-4(9)10/h2,4-7,11-14,19H,3,8-10,15-18H2,1H3;13H,1-2H2,(H,7,8)(H,9,10)(H,11,12). The smallest absolute Gasteiger partial charge is 0.306 e. The van der Waals surface area contributed by atoms with Crippen molar-refractivity contribution in [1.29, 1.82) is 0 Å². The summed E-state index contributed by atoms with van der Waals surface area (Å²) in [6.45, 7) is 5.88. The molecule has 0 unspecified atom stereocenters. The van der Waals surface area contributed by atoms with Crippen LogP contribution in [0.3, 0.4) is 0 Å². The molecule has 11 heteroatoms. The lowest BCUT2D eigenvalue weighted by Gasteiger charge is -2.25. The molecular weight excluding hydrogens is 534 g/mol. The van der Waals surface area contributed by atoms with E-state index in [4.69, 9.17) is 24.8 Å². The second kappa shape index (κ2) is 16.8. The Morgan fingerprint density at radius 2 is 1.46 bits per heavy atom. The third kappa shape index (κ3) is 12.2. The summed E-state index contributed by atoms with van der Waals surface area (Å²) in [5.41, 5.74) is -1.92. The summed E-state index contributed by atoms with van der Waals surface area (Å²) >= 11 is 0. The fraction of sp³-hybridized carbons (Fsp3) is 0.400. The average Bonchev–Trinajstić information content (AvgIpc) is 2.92. The highest BCUT2D eigenvalue weighted by atomic mass is 16.5. The number of carbonyl (C=O) groups is 4. The number of para-hydroxylation sites is 2. The number of carboxylic acids is 3. The number of likely N-dealkylation sites (tertiary alicyclic amines) is 1. The van der Waals surface area contributed by atoms with E-state index in [0.717, 1.165) is 18.5 Å². The van der Waals surface area contributed by atoms with Gasteiger partial charge in [0.1, 0.15) is 5.60 Å². The fourth-order valence-electron chi connectivity index (χ4n) is 4.19. The number of allylic oxidation sites excluding steroid dienone is 1. The lowest BCUT2D eigenvalue weighted by molar-refractivity contribution is -0.905. The minimum absolute atomic E-state index is 0.118. The molecule has 1 fully saturated rings. The molecule has 0 saturated carbocycles. The first-order valence-corrected chi connectivity index (χ1v) is 13.4. The van der Waals surface area contributed by atoms with Crippen LogP contribution in [0, 0.1) is 0 Å². The molecule has 0 aromatic heterocycles. The minimum atomic E-state index is -2.85. The van der Waals surface area contributed by atoms with Crippen molar-refractivity contribution >= 4 is 29.8 Å². The molecule has 222 valence electrons. The monoisotopic (exact) mass is 571 g/mol. The van der Waals surface area contributed by atoms with Gasteiger partial charge < -0.3 is 39.6 Å². The number of piperidine rings is 1. The van der Waals surface area contributed by atoms with Gasteiger partial charge in [-0.25, -0.2) is 0 Å². The molecule has 1 heterocycles. The molecule has 1 aliphatic rings. The van der Waals surface area contributed by atoms with Gasteiger partial charge in [0.2, 0.25) is 0 Å². The molecule has 4 N–H and O–H groups in total. The number of rotatable bonds is 14. The molecule has 0 bridgehead atoms. The number of aliphatic carboxylic acids is 3. The molecule has 0 aliphatic carbocycles. The number of Topliss-reactive ketones (excluding diaryl/α,β-unsaturated/α-hetero) is 1. The molecule has 1 aliphatic heterocycles. The quantitative estimate of drug-likeness (QED) is 0.145. The van der Waals surface area contributed by atoms with Gasteiger partial charge in [-0.1, -0.05) is 42.5 Å². The number of ketones is 1. The van der Waals surface area contributed by atoms with Gasteiger partial charge in [0.05, 0.1) is 45.1 Å². The number of carboxylic acid groups (broad SMARTS) is 3. The van der Waals surface area contributed by atoms with Crippen LogP contribution in [0.4, 0.5) is 0 Å². The van der Waals surface area contributed by atoms with Gasteiger partial charge in [0, 0.05) is 13.3 Å². The first-order valence-electron chi connectivity index (χ1n) is 13.4. The Kier molecular flexibility index (Phi) is 13.5. The normalized spacial score (nSPS) is 13.9. The lowest BCUT2D eigenvalue weighted by atomic mass is 9.96. The van der Waals surface area contributed by atoms with Gasteiger partial charge in [-0.2, -0.15) is 0 Å². The Balaban J connectivity index is 0.000000383. The van der Waals surface area contributed by atoms with Crippen LogP contribution >= 0.6 is 0 Å². The third-order valence-electron chi connectivity index (χ3n) is 6.27. The van der Waals surface area contributed by atoms with Crippen molar-refractivity contribution in [2.24, 2.45) is 0 Å². The van der Waals surface area contributed by atoms with Crippen molar-refractivity contribution in [3.05, 3.63) is 65.9 Å². The predicted octanol–water partition coefficient (Wildman–Crippen LogP) is 0.950. The first-order chi connectivity index (χ1) is 19.5. The van der Waals surface area contributed by atoms with E-state index in [1.807, 2.05) is 54.6 Å². The molecular formula is C30H37NO10. The van der Waals surface area contributed by atoms with E-state index in [9.17, 15) is 24.3 Å². The van der Waals surface area contributed by atoms with E-state index in [0.29, 0.717) is 23.9 Å². The van der Waals surface area contributed by atoms with E-state index in [1.54, 1.807) is 11.0 Å². The lowest BCUT2D eigenvalue weighted by Crippen LogP contribution is -3.12. The van der Waals surface area contributed by atoms with Crippen LogP contribution < -0.4 is 19.5 Å². The molecule has 0 spiro atoms. The van der Waals surface area contributed by atoms with Gasteiger partial charge in [-0.15, -0.1) is 0 Å². The molecule has 0 atom stereocenters. The van der Waals surface area contributed by atoms with Crippen LogP contribution in [0.5, 0.6) is 11.5 Å². The van der Waals surface area contributed by atoms with Crippen LogP contribution in [-0.4, -0.2) is 70.9 Å². The molecule has 11 nitrogen and oxygen atoms in total. The van der Waals surface area contributed by atoms with Crippen LogP contribution in [-0.2, 0) is 19.2 Å². The van der Waals surface area contributed by atoms with Gasteiger partial charge >= 0.3 is 11.9 Å². The van der Waals surface area contributed by atoms with Crippen LogP contribution in [0.25, 0.3) is 6.08 Å². The van der Waals surface area contributed by atoms with Gasteiger partial charge in [0.15, 0.2) is 23.0 Å². The van der Waals surface area contributed by atoms with E-state index in [2.05, 4.69) is 0 Å². The highest BCUT2D eigenvalue weighted by molar-refractivity contribution is 5.96. The summed E-state index contributed by atoms with van der Waals surface area (Å²) in [5, 5.41) is 35.5. The van der Waals surface area contributed by atoms with Crippen molar-refractivity contribution in [2.75, 3.05) is 26.2 Å². The number of hydrogen-bond acceptors (Lipinski definition) is 8. The van der Waals surface area contributed by atoms with Crippen LogP contribution in [0.1, 0.15) is 51.0 Å². The molecule has 3 rings (SSSR count). The third-order valence-corrected chi connectivity index (χ3v) is 6.27. The Morgan fingerprint density at radius 1 is 0.902 bits per heavy atom. The van der Waals surface area contributed by atoms with E-state index >= 15 is 0 Å². The van der Waals surface area contributed by atoms with Gasteiger partial charge in [-0.05, 0) is 43.0 Å². The number of hydrogen-bond donors (Lipinski definition) is 4. The summed E-state index contributed by atoms with van der Waals surface area (Å²) in [7, 11) is 0. The Bertz CT molecular complexity index is 1170. The molecule has 41 heavy (non-hydrogen) atoms. The van der Waals surface area contributed by atoms with Crippen molar-refractivity contribution in [3.63, 3.8) is 0 Å². The number of benzene rings is 2. The number of carbonyl (C=O) groups excluding carboxylic acids is 2. The summed E-state index contributed by atoms with van der Waals surface area (Å²) in [6, 6.07) is 17.2. The minimum Gasteiger partial charge on any atom is -0.547 e. The number of quaternary nitrogens is 1. The first kappa shape index (κ1) is 33.0. The summed E-state index contributed by atoms with van der Waals surface area (Å²) in [5.74, 6) is -3.91. The fourth-order valence-corrected chi connectivity index (χ4v) is 4.19. The van der Waals surface area contributed by atoms with Crippen LogP contribution in [0.15, 0.2) is 60.4 Å². The predicted molar refractivity (Wildman–Crippen MR) is 146 cm³/mol. The topological polar surface area (TPSA) is 175 Å².